The van der Waals surface area contributed by atoms with Crippen molar-refractivity contribution in [2.75, 3.05) is 0 Å². The number of hydrogen-bond acceptors (Lipinski definition) is 11. The molecule has 0 aromatic carbocycles. The number of esters is 2. The molecular formula is C24H43N2O9-. The van der Waals surface area contributed by atoms with Gasteiger partial charge in [0, 0.05) is 18.1 Å². The second-order valence-electron chi connectivity index (χ2n) is 7.20. The Labute approximate surface area is 209 Å². The van der Waals surface area contributed by atoms with Crippen molar-refractivity contribution in [3.05, 3.63) is 37.0 Å². The van der Waals surface area contributed by atoms with Gasteiger partial charge in [0.1, 0.15) is 12.5 Å². The van der Waals surface area contributed by atoms with Crippen molar-refractivity contribution in [2.24, 2.45) is 11.5 Å². The van der Waals surface area contributed by atoms with E-state index >= 15 is 0 Å². The highest BCUT2D eigenvalue weighted by Crippen LogP contribution is 2.11. The minimum atomic E-state index is -1.19. The second-order valence-corrected chi connectivity index (χ2v) is 7.20. The number of nitrogens with two attached hydrogens (primary N) is 2. The van der Waals surface area contributed by atoms with Crippen molar-refractivity contribution in [3.8, 4) is 0 Å². The Kier molecular flexibility index (Phi) is 23.2. The van der Waals surface area contributed by atoms with Gasteiger partial charge in [-0.05, 0) is 46.1 Å². The molecule has 204 valence electrons. The van der Waals surface area contributed by atoms with E-state index in [1.165, 1.54) is 6.92 Å². The summed E-state index contributed by atoms with van der Waals surface area (Å²) in [4.78, 5) is 31.4. The summed E-state index contributed by atoms with van der Waals surface area (Å²) in [5, 5.41) is 9.49. The van der Waals surface area contributed by atoms with Gasteiger partial charge in [-0.25, -0.2) is 9.59 Å². The van der Waals surface area contributed by atoms with Crippen LogP contribution in [-0.2, 0) is 38.1 Å². The molecule has 35 heavy (non-hydrogen) atoms. The normalized spacial score (nSPS) is 14.2. The van der Waals surface area contributed by atoms with E-state index in [-0.39, 0.29) is 11.8 Å². The zero-order chi connectivity index (χ0) is 28.1. The van der Waals surface area contributed by atoms with E-state index in [9.17, 15) is 19.5 Å². The topological polar surface area (TPSA) is 172 Å². The molecule has 0 saturated carbocycles. The zero-order valence-electron chi connectivity index (χ0n) is 22.0. The quantitative estimate of drug-likeness (QED) is 0.202. The van der Waals surface area contributed by atoms with Crippen LogP contribution in [0.3, 0.4) is 0 Å². The SMILES string of the molecule is C=C(C)C(=O)OC(C)OC(C)N.C=C(C)C(=O)[O-].C=CC(=O)OC(CC)OC(CC)OC(N)CC. The Balaban J connectivity index is -0.000000493. The first-order valence-electron chi connectivity index (χ1n) is 11.2. The standard InChI is InChI=1S/C12H23NO4.C8H15NO3.C4H6O2/c1-5-9(13)15-11(7-3)17-12(8-4)16-10(14)6-2;1-5(2)8(10)12-7(4)11-6(3)9;1-3(2)4(5)6/h6,9,11-12H,2,5,7-8,13H2,1,3-4H3;6-7H,1,9H2,2-4H3;1H2,2H3,(H,5,6)/p-1. The summed E-state index contributed by atoms with van der Waals surface area (Å²) in [5.74, 6) is -2.16. The highest BCUT2D eigenvalue weighted by molar-refractivity contribution is 5.87. The van der Waals surface area contributed by atoms with Crippen LogP contribution >= 0.6 is 0 Å². The second kappa shape index (κ2) is 21.9. The van der Waals surface area contributed by atoms with Gasteiger partial charge in [-0.15, -0.1) is 0 Å². The number of hydrogen-bond donors (Lipinski definition) is 2. The lowest BCUT2D eigenvalue weighted by Crippen LogP contribution is -2.34. The monoisotopic (exact) mass is 503 g/mol. The highest BCUT2D eigenvalue weighted by atomic mass is 16.8. The molecule has 0 heterocycles. The summed E-state index contributed by atoms with van der Waals surface area (Å²) in [5.41, 5.74) is 11.4. The molecule has 0 aliphatic heterocycles. The summed E-state index contributed by atoms with van der Waals surface area (Å²) >= 11 is 0. The van der Waals surface area contributed by atoms with Crippen LogP contribution < -0.4 is 16.6 Å². The number of carbonyl (C=O) groups is 3. The molecule has 0 fully saturated rings. The molecule has 11 heteroatoms. The van der Waals surface area contributed by atoms with E-state index < -0.39 is 43.0 Å². The average Bonchev–Trinajstić information content (AvgIpc) is 2.77. The first-order chi connectivity index (χ1) is 16.1. The van der Waals surface area contributed by atoms with Gasteiger partial charge in [0.2, 0.25) is 12.6 Å². The third kappa shape index (κ3) is 24.4. The molecule has 0 radical (unpaired) electrons. The molecule has 0 aliphatic rings. The summed E-state index contributed by atoms with van der Waals surface area (Å²) in [6.07, 6.45) is 0.437. The molecule has 0 saturated heterocycles. The number of rotatable bonds is 14. The van der Waals surface area contributed by atoms with E-state index in [0.29, 0.717) is 24.8 Å². The van der Waals surface area contributed by atoms with Gasteiger partial charge in [0.15, 0.2) is 6.29 Å². The van der Waals surface area contributed by atoms with Gasteiger partial charge in [0.05, 0.1) is 5.97 Å². The molecule has 0 bridgehead atoms. The van der Waals surface area contributed by atoms with Crippen molar-refractivity contribution < 1.29 is 43.2 Å². The predicted molar refractivity (Wildman–Crippen MR) is 130 cm³/mol. The Morgan fingerprint density at radius 3 is 1.66 bits per heavy atom. The molecule has 0 spiro atoms. The van der Waals surface area contributed by atoms with Crippen LogP contribution in [0.2, 0.25) is 0 Å². The molecule has 0 rings (SSSR count). The largest absolute Gasteiger partial charge is 0.545 e. The van der Waals surface area contributed by atoms with Crippen LogP contribution in [0.4, 0.5) is 0 Å². The first-order valence-corrected chi connectivity index (χ1v) is 11.2. The lowest BCUT2D eigenvalue weighted by atomic mass is 10.4. The third-order valence-electron chi connectivity index (χ3n) is 3.49. The molecule has 5 unspecified atom stereocenters. The molecule has 0 aromatic rings. The van der Waals surface area contributed by atoms with E-state index in [4.69, 9.17) is 35.2 Å². The van der Waals surface area contributed by atoms with E-state index in [2.05, 4.69) is 19.7 Å². The molecule has 0 amide bonds. The molecule has 0 aliphatic carbocycles. The van der Waals surface area contributed by atoms with Crippen molar-refractivity contribution in [2.45, 2.75) is 99.1 Å². The maximum absolute atomic E-state index is 11.0. The summed E-state index contributed by atoms with van der Waals surface area (Å²) < 4.78 is 25.7. The van der Waals surface area contributed by atoms with E-state index in [1.54, 1.807) is 20.8 Å². The van der Waals surface area contributed by atoms with Crippen LogP contribution in [-0.4, -0.2) is 49.2 Å². The van der Waals surface area contributed by atoms with Crippen LogP contribution in [0.1, 0.15) is 67.7 Å². The fraction of sp³-hybridized carbons (Fsp3) is 0.625. The van der Waals surface area contributed by atoms with Crippen molar-refractivity contribution in [1.82, 2.24) is 0 Å². The first kappa shape index (κ1) is 37.0. The Morgan fingerprint density at radius 2 is 1.34 bits per heavy atom. The smallest absolute Gasteiger partial charge is 0.335 e. The van der Waals surface area contributed by atoms with Gasteiger partial charge in [0.25, 0.3) is 0 Å². The fourth-order valence-electron chi connectivity index (χ4n) is 1.65. The lowest BCUT2D eigenvalue weighted by Gasteiger charge is -2.25. The molecule has 4 N–H and O–H groups in total. The van der Waals surface area contributed by atoms with Crippen molar-refractivity contribution in [1.29, 1.82) is 0 Å². The van der Waals surface area contributed by atoms with Crippen LogP contribution in [0.25, 0.3) is 0 Å². The third-order valence-corrected chi connectivity index (χ3v) is 3.49. The zero-order valence-corrected chi connectivity index (χ0v) is 22.0. The number of ether oxygens (including phenoxy) is 5. The number of carboxylic acids is 1. The number of carbonyl (C=O) groups excluding carboxylic acids is 3. The minimum absolute atomic E-state index is 0.0648. The molecule has 0 aromatic heterocycles. The molecule has 5 atom stereocenters. The Morgan fingerprint density at radius 1 is 0.857 bits per heavy atom. The molecule has 11 nitrogen and oxygen atoms in total. The summed E-state index contributed by atoms with van der Waals surface area (Å²) in [6, 6.07) is 0. The Bertz CT molecular complexity index is 653. The minimum Gasteiger partial charge on any atom is -0.545 e. The number of aliphatic carboxylic acids is 1. The van der Waals surface area contributed by atoms with Crippen molar-refractivity contribution in [3.63, 3.8) is 0 Å². The van der Waals surface area contributed by atoms with E-state index in [0.717, 1.165) is 6.08 Å². The lowest BCUT2D eigenvalue weighted by molar-refractivity contribution is -0.299. The van der Waals surface area contributed by atoms with Crippen LogP contribution in [0.5, 0.6) is 0 Å². The number of carboxylic acid groups (broad SMARTS) is 1. The Hall–Kier alpha value is -2.57. The summed E-state index contributed by atoms with van der Waals surface area (Å²) in [7, 11) is 0. The summed E-state index contributed by atoms with van der Waals surface area (Å²) in [6.45, 7) is 21.7. The van der Waals surface area contributed by atoms with Gasteiger partial charge >= 0.3 is 11.9 Å². The maximum Gasteiger partial charge on any atom is 0.335 e. The predicted octanol–water partition coefficient (Wildman–Crippen LogP) is 2.00. The van der Waals surface area contributed by atoms with Crippen molar-refractivity contribution >= 4 is 17.9 Å². The van der Waals surface area contributed by atoms with Crippen LogP contribution in [0, 0.1) is 0 Å². The maximum atomic E-state index is 11.0. The van der Waals surface area contributed by atoms with E-state index in [1.807, 2.05) is 20.8 Å². The average molecular weight is 504 g/mol. The highest BCUT2D eigenvalue weighted by Gasteiger charge is 2.19. The van der Waals surface area contributed by atoms with Gasteiger partial charge in [-0.2, -0.15) is 0 Å². The molecular weight excluding hydrogens is 460 g/mol. The van der Waals surface area contributed by atoms with Gasteiger partial charge in [-0.1, -0.05) is 40.5 Å². The van der Waals surface area contributed by atoms with Crippen LogP contribution in [0.15, 0.2) is 37.0 Å². The van der Waals surface area contributed by atoms with Gasteiger partial charge < -0.3 is 45.1 Å². The fourth-order valence-corrected chi connectivity index (χ4v) is 1.65. The van der Waals surface area contributed by atoms with Gasteiger partial charge in [-0.3, -0.25) is 0 Å².